The van der Waals surface area contributed by atoms with Crippen LogP contribution in [-0.4, -0.2) is 35.0 Å². The number of carbonyl (C=O) groups excluding carboxylic acids is 1. The van der Waals surface area contributed by atoms with Gasteiger partial charge in [-0.05, 0) is 37.6 Å². The molecule has 0 saturated carbocycles. The van der Waals surface area contributed by atoms with Gasteiger partial charge in [0, 0.05) is 12.2 Å². The number of piperidine rings is 1. The topological polar surface area (TPSA) is 66.9 Å². The zero-order chi connectivity index (χ0) is 14.7. The first-order valence-corrected chi connectivity index (χ1v) is 7.94. The first-order valence-electron chi connectivity index (χ1n) is 7.13. The molecule has 1 aliphatic rings. The van der Waals surface area contributed by atoms with Crippen LogP contribution in [0.4, 0.5) is 0 Å². The number of hydrogen-bond acceptors (Lipinski definition) is 5. The van der Waals surface area contributed by atoms with Gasteiger partial charge >= 0.3 is 0 Å². The molecule has 3 heterocycles. The molecule has 23 heavy (non-hydrogen) atoms. The third kappa shape index (κ3) is 4.88. The molecule has 1 fully saturated rings. The molecular weight excluding hydrogens is 355 g/mol. The van der Waals surface area contributed by atoms with Crippen LogP contribution in [0.25, 0.3) is 10.7 Å². The largest absolute Gasteiger partial charge is 0.348 e. The molecule has 0 radical (unpaired) electrons. The van der Waals surface area contributed by atoms with Crippen molar-refractivity contribution >= 4 is 42.1 Å². The van der Waals surface area contributed by atoms with Crippen molar-refractivity contribution in [2.45, 2.75) is 19.4 Å². The Hall–Kier alpha value is -1.21. The van der Waals surface area contributed by atoms with E-state index >= 15 is 0 Å². The predicted molar refractivity (Wildman–Crippen MR) is 97.7 cm³/mol. The molecule has 2 aromatic heterocycles. The van der Waals surface area contributed by atoms with Gasteiger partial charge in [0.25, 0.3) is 5.91 Å². The van der Waals surface area contributed by atoms with E-state index in [1.807, 2.05) is 18.2 Å². The Morgan fingerprint density at radius 1 is 1.35 bits per heavy atom. The molecular formula is C15H20Cl2N4OS. The van der Waals surface area contributed by atoms with Gasteiger partial charge < -0.3 is 10.6 Å². The second-order valence-electron chi connectivity index (χ2n) is 5.29. The van der Waals surface area contributed by atoms with E-state index in [0.29, 0.717) is 10.8 Å². The average Bonchev–Trinajstić information content (AvgIpc) is 3.00. The summed E-state index contributed by atoms with van der Waals surface area (Å²) in [4.78, 5) is 21.5. The van der Waals surface area contributed by atoms with Gasteiger partial charge in [-0.1, -0.05) is 13.0 Å². The molecule has 0 aromatic carbocycles. The number of thiazole rings is 1. The first kappa shape index (κ1) is 19.8. The van der Waals surface area contributed by atoms with Crippen LogP contribution in [0.5, 0.6) is 0 Å². The summed E-state index contributed by atoms with van der Waals surface area (Å²) in [5.74, 6) is 0.416. The first-order chi connectivity index (χ1) is 10.2. The van der Waals surface area contributed by atoms with Crippen LogP contribution in [0.1, 0.15) is 23.0 Å². The molecule has 2 N–H and O–H groups in total. The van der Waals surface area contributed by atoms with Gasteiger partial charge in [-0.15, -0.1) is 36.2 Å². The van der Waals surface area contributed by atoms with Crippen molar-refractivity contribution in [3.05, 3.63) is 35.5 Å². The lowest BCUT2D eigenvalue weighted by molar-refractivity contribution is 0.0918. The SMILES string of the molecule is CC1CNCCC1NC(=O)c1cnc(-c2ccccn2)s1.Cl.Cl. The molecule has 2 atom stereocenters. The van der Waals surface area contributed by atoms with E-state index in [4.69, 9.17) is 0 Å². The van der Waals surface area contributed by atoms with Crippen molar-refractivity contribution in [1.29, 1.82) is 0 Å². The Morgan fingerprint density at radius 3 is 2.87 bits per heavy atom. The summed E-state index contributed by atoms with van der Waals surface area (Å²) in [6.45, 7) is 4.06. The molecule has 1 aliphatic heterocycles. The molecule has 1 saturated heterocycles. The maximum Gasteiger partial charge on any atom is 0.263 e. The van der Waals surface area contributed by atoms with Crippen molar-refractivity contribution in [1.82, 2.24) is 20.6 Å². The van der Waals surface area contributed by atoms with Gasteiger partial charge in [-0.2, -0.15) is 0 Å². The zero-order valence-electron chi connectivity index (χ0n) is 12.7. The number of hydrogen-bond donors (Lipinski definition) is 2. The quantitative estimate of drug-likeness (QED) is 0.866. The fourth-order valence-electron chi connectivity index (χ4n) is 2.45. The third-order valence-electron chi connectivity index (χ3n) is 3.72. The van der Waals surface area contributed by atoms with Crippen molar-refractivity contribution in [2.24, 2.45) is 5.92 Å². The smallest absolute Gasteiger partial charge is 0.263 e. The van der Waals surface area contributed by atoms with Crippen LogP contribution in [0.15, 0.2) is 30.6 Å². The Morgan fingerprint density at radius 2 is 2.17 bits per heavy atom. The summed E-state index contributed by atoms with van der Waals surface area (Å²) in [6, 6.07) is 5.91. The lowest BCUT2D eigenvalue weighted by Crippen LogP contribution is -2.48. The summed E-state index contributed by atoms with van der Waals surface area (Å²) >= 11 is 1.38. The third-order valence-corrected chi connectivity index (χ3v) is 4.73. The maximum absolute atomic E-state index is 12.3. The molecule has 1 amide bonds. The fraction of sp³-hybridized carbons (Fsp3) is 0.400. The van der Waals surface area contributed by atoms with Gasteiger partial charge in [0.1, 0.15) is 9.88 Å². The van der Waals surface area contributed by atoms with Gasteiger partial charge in [-0.3, -0.25) is 9.78 Å². The predicted octanol–water partition coefficient (Wildman–Crippen LogP) is 2.78. The lowest BCUT2D eigenvalue weighted by Gasteiger charge is -2.29. The van der Waals surface area contributed by atoms with Crippen LogP contribution in [0.2, 0.25) is 0 Å². The van der Waals surface area contributed by atoms with Crippen LogP contribution < -0.4 is 10.6 Å². The molecule has 126 valence electrons. The number of nitrogens with zero attached hydrogens (tertiary/aromatic N) is 2. The van der Waals surface area contributed by atoms with Gasteiger partial charge in [0.15, 0.2) is 0 Å². The molecule has 0 spiro atoms. The molecule has 2 unspecified atom stereocenters. The van der Waals surface area contributed by atoms with Crippen molar-refractivity contribution in [2.75, 3.05) is 13.1 Å². The van der Waals surface area contributed by atoms with Crippen molar-refractivity contribution in [3.8, 4) is 10.7 Å². The number of halogens is 2. The van der Waals surface area contributed by atoms with Crippen LogP contribution in [-0.2, 0) is 0 Å². The number of aromatic nitrogens is 2. The Labute approximate surface area is 152 Å². The minimum absolute atomic E-state index is 0. The number of nitrogens with one attached hydrogen (secondary N) is 2. The second kappa shape index (κ2) is 9.17. The van der Waals surface area contributed by atoms with Crippen molar-refractivity contribution < 1.29 is 4.79 Å². The van der Waals surface area contributed by atoms with Crippen LogP contribution >= 0.6 is 36.2 Å². The zero-order valence-corrected chi connectivity index (χ0v) is 15.1. The maximum atomic E-state index is 12.3. The normalized spacial score (nSPS) is 20.0. The van der Waals surface area contributed by atoms with Gasteiger partial charge in [-0.25, -0.2) is 4.98 Å². The molecule has 0 bridgehead atoms. The Bertz CT molecular complexity index is 623. The molecule has 5 nitrogen and oxygen atoms in total. The summed E-state index contributed by atoms with van der Waals surface area (Å²) in [5, 5.41) is 7.23. The highest BCUT2D eigenvalue weighted by molar-refractivity contribution is 7.16. The molecule has 3 rings (SSSR count). The van der Waals surface area contributed by atoms with E-state index in [0.717, 1.165) is 30.2 Å². The van der Waals surface area contributed by atoms with E-state index in [1.54, 1.807) is 12.4 Å². The number of pyridine rings is 1. The minimum atomic E-state index is -0.0339. The number of amides is 1. The highest BCUT2D eigenvalue weighted by Crippen LogP contribution is 2.23. The monoisotopic (exact) mass is 374 g/mol. The highest BCUT2D eigenvalue weighted by Gasteiger charge is 2.24. The van der Waals surface area contributed by atoms with Crippen molar-refractivity contribution in [3.63, 3.8) is 0 Å². The van der Waals surface area contributed by atoms with E-state index in [9.17, 15) is 4.79 Å². The summed E-state index contributed by atoms with van der Waals surface area (Å²) < 4.78 is 0. The summed E-state index contributed by atoms with van der Waals surface area (Å²) in [5.41, 5.74) is 0.803. The highest BCUT2D eigenvalue weighted by atomic mass is 35.5. The Balaban J connectivity index is 0.00000132. The number of carbonyl (C=O) groups is 1. The Kier molecular flexibility index (Phi) is 7.91. The van der Waals surface area contributed by atoms with E-state index in [1.165, 1.54) is 11.3 Å². The molecule has 8 heteroatoms. The standard InChI is InChI=1S/C15H18N4OS.2ClH/c1-10-8-16-7-5-11(10)19-14(20)13-9-18-15(21-13)12-4-2-3-6-17-12;;/h2-4,6,9-11,16H,5,7-8H2,1H3,(H,19,20);2*1H. The number of rotatable bonds is 3. The molecule has 2 aromatic rings. The molecule has 0 aliphatic carbocycles. The van der Waals surface area contributed by atoms with E-state index in [-0.39, 0.29) is 36.8 Å². The van der Waals surface area contributed by atoms with Crippen LogP contribution in [0.3, 0.4) is 0 Å². The van der Waals surface area contributed by atoms with E-state index in [2.05, 4.69) is 27.5 Å². The lowest BCUT2D eigenvalue weighted by atomic mass is 9.95. The van der Waals surface area contributed by atoms with Gasteiger partial charge in [0.05, 0.1) is 11.9 Å². The van der Waals surface area contributed by atoms with Crippen LogP contribution in [0, 0.1) is 5.92 Å². The second-order valence-corrected chi connectivity index (χ2v) is 6.33. The minimum Gasteiger partial charge on any atom is -0.348 e. The van der Waals surface area contributed by atoms with E-state index < -0.39 is 0 Å². The summed E-state index contributed by atoms with van der Waals surface area (Å²) in [7, 11) is 0. The fourth-order valence-corrected chi connectivity index (χ4v) is 3.25. The van der Waals surface area contributed by atoms with Gasteiger partial charge in [0.2, 0.25) is 0 Å². The summed E-state index contributed by atoms with van der Waals surface area (Å²) in [6.07, 6.45) is 4.34. The average molecular weight is 375 g/mol.